The maximum Gasteiger partial charge on any atom is 0.191 e. The van der Waals surface area contributed by atoms with Crippen molar-refractivity contribution in [2.45, 2.75) is 32.9 Å². The van der Waals surface area contributed by atoms with Crippen molar-refractivity contribution >= 4 is 41.4 Å². The van der Waals surface area contributed by atoms with Crippen molar-refractivity contribution < 1.29 is 0 Å². The van der Waals surface area contributed by atoms with Crippen LogP contribution in [0.3, 0.4) is 0 Å². The zero-order valence-electron chi connectivity index (χ0n) is 20.1. The van der Waals surface area contributed by atoms with Crippen molar-refractivity contribution in [3.8, 4) is 0 Å². The summed E-state index contributed by atoms with van der Waals surface area (Å²) in [7, 11) is 1.84. The number of aromatic nitrogens is 1. The van der Waals surface area contributed by atoms with Crippen LogP contribution in [0.25, 0.3) is 0 Å². The fourth-order valence-corrected chi connectivity index (χ4v) is 4.48. The summed E-state index contributed by atoms with van der Waals surface area (Å²) in [5.74, 6) is 1.93. The predicted octanol–water partition coefficient (Wildman–Crippen LogP) is 3.09. The molecule has 0 amide bonds. The second-order valence-corrected chi connectivity index (χ2v) is 8.78. The van der Waals surface area contributed by atoms with Gasteiger partial charge in [-0.15, -0.1) is 24.0 Å². The lowest BCUT2D eigenvalue weighted by molar-refractivity contribution is 0.270. The van der Waals surface area contributed by atoms with Gasteiger partial charge in [-0.3, -0.25) is 4.99 Å². The standard InChI is InChI=1S/C25H37N7.HI/c1-4-30-13-15-31(16-14-30)24-17-21(9-11-27-24)18-28-25(26-3)29-22-10-12-32(19-22)23-7-5-20(2)6-8-23;/h5-9,11,17,22H,4,10,12-16,18-19H2,1-3H3,(H2,26,28,29);1H. The van der Waals surface area contributed by atoms with E-state index in [9.17, 15) is 0 Å². The molecular weight excluding hydrogens is 525 g/mol. The average Bonchev–Trinajstić information content (AvgIpc) is 3.31. The zero-order valence-corrected chi connectivity index (χ0v) is 22.5. The number of aliphatic imine (C=N–C) groups is 1. The Balaban J connectivity index is 0.00000306. The molecule has 1 atom stereocenters. The molecule has 33 heavy (non-hydrogen) atoms. The molecule has 1 aromatic carbocycles. The molecule has 180 valence electrons. The molecule has 7 nitrogen and oxygen atoms in total. The van der Waals surface area contributed by atoms with Crippen LogP contribution in [-0.2, 0) is 6.54 Å². The Morgan fingerprint density at radius 3 is 2.52 bits per heavy atom. The van der Waals surface area contributed by atoms with Gasteiger partial charge in [-0.1, -0.05) is 24.6 Å². The number of pyridine rings is 1. The van der Waals surface area contributed by atoms with Crippen LogP contribution in [0.4, 0.5) is 11.5 Å². The Morgan fingerprint density at radius 1 is 1.06 bits per heavy atom. The second kappa shape index (κ2) is 12.4. The largest absolute Gasteiger partial charge is 0.369 e. The molecule has 2 fully saturated rings. The maximum absolute atomic E-state index is 4.62. The minimum absolute atomic E-state index is 0. The van der Waals surface area contributed by atoms with Crippen LogP contribution in [0.15, 0.2) is 47.6 Å². The molecule has 2 saturated heterocycles. The van der Waals surface area contributed by atoms with Crippen LogP contribution in [0.2, 0.25) is 0 Å². The van der Waals surface area contributed by atoms with E-state index in [1.165, 1.54) is 16.8 Å². The Hall–Kier alpha value is -2.07. The molecule has 2 aliphatic rings. The minimum Gasteiger partial charge on any atom is -0.369 e. The van der Waals surface area contributed by atoms with Crippen LogP contribution < -0.4 is 20.4 Å². The highest BCUT2D eigenvalue weighted by molar-refractivity contribution is 14.0. The monoisotopic (exact) mass is 563 g/mol. The Morgan fingerprint density at radius 2 is 1.82 bits per heavy atom. The van der Waals surface area contributed by atoms with Crippen molar-refractivity contribution in [2.75, 3.05) is 62.7 Å². The minimum atomic E-state index is 0. The molecule has 0 bridgehead atoms. The normalized spacial score (nSPS) is 19.4. The average molecular weight is 564 g/mol. The van der Waals surface area contributed by atoms with Gasteiger partial charge in [-0.25, -0.2) is 4.98 Å². The van der Waals surface area contributed by atoms with Gasteiger partial charge in [0, 0.05) is 70.8 Å². The zero-order chi connectivity index (χ0) is 22.3. The number of nitrogens with zero attached hydrogens (tertiary/aromatic N) is 5. The molecule has 1 unspecified atom stereocenters. The van der Waals surface area contributed by atoms with Crippen LogP contribution in [-0.4, -0.2) is 74.7 Å². The number of hydrogen-bond acceptors (Lipinski definition) is 5. The lowest BCUT2D eigenvalue weighted by Crippen LogP contribution is -2.46. The highest BCUT2D eigenvalue weighted by Gasteiger charge is 2.23. The van der Waals surface area contributed by atoms with Crippen molar-refractivity contribution in [3.05, 3.63) is 53.7 Å². The summed E-state index contributed by atoms with van der Waals surface area (Å²) in [6.45, 7) is 12.6. The van der Waals surface area contributed by atoms with Gasteiger partial charge in [0.15, 0.2) is 5.96 Å². The summed E-state index contributed by atoms with van der Waals surface area (Å²) in [5, 5.41) is 7.09. The van der Waals surface area contributed by atoms with Crippen LogP contribution in [0.1, 0.15) is 24.5 Å². The molecule has 8 heteroatoms. The summed E-state index contributed by atoms with van der Waals surface area (Å²) in [4.78, 5) is 16.4. The van der Waals surface area contributed by atoms with E-state index < -0.39 is 0 Å². The Kier molecular flexibility index (Phi) is 9.61. The maximum atomic E-state index is 4.62. The van der Waals surface area contributed by atoms with Gasteiger partial charge in [0.2, 0.25) is 0 Å². The molecular formula is C25H38IN7. The van der Waals surface area contributed by atoms with E-state index in [2.05, 4.69) is 85.6 Å². The molecule has 0 saturated carbocycles. The van der Waals surface area contributed by atoms with Gasteiger partial charge in [0.25, 0.3) is 0 Å². The molecule has 0 radical (unpaired) electrons. The third kappa shape index (κ3) is 6.96. The molecule has 4 rings (SSSR count). The van der Waals surface area contributed by atoms with Crippen LogP contribution in [0.5, 0.6) is 0 Å². The molecule has 2 aliphatic heterocycles. The van der Waals surface area contributed by atoms with Crippen LogP contribution in [0, 0.1) is 6.92 Å². The summed E-state index contributed by atoms with van der Waals surface area (Å²) >= 11 is 0. The van der Waals surface area contributed by atoms with E-state index in [0.717, 1.165) is 70.6 Å². The molecule has 0 aliphatic carbocycles. The topological polar surface area (TPSA) is 59.0 Å². The summed E-state index contributed by atoms with van der Waals surface area (Å²) < 4.78 is 0. The lowest BCUT2D eigenvalue weighted by atomic mass is 10.2. The number of nitrogens with one attached hydrogen (secondary N) is 2. The predicted molar refractivity (Wildman–Crippen MR) is 149 cm³/mol. The van der Waals surface area contributed by atoms with E-state index in [4.69, 9.17) is 0 Å². The quantitative estimate of drug-likeness (QED) is 0.320. The smallest absolute Gasteiger partial charge is 0.191 e. The number of anilines is 2. The highest BCUT2D eigenvalue weighted by Crippen LogP contribution is 2.21. The van der Waals surface area contributed by atoms with Crippen molar-refractivity contribution in [1.82, 2.24) is 20.5 Å². The van der Waals surface area contributed by atoms with Crippen molar-refractivity contribution in [1.29, 1.82) is 0 Å². The molecule has 2 aromatic rings. The number of guanidine groups is 1. The summed E-state index contributed by atoms with van der Waals surface area (Å²) in [6.07, 6.45) is 3.03. The Bertz CT molecular complexity index is 894. The van der Waals surface area contributed by atoms with Crippen LogP contribution >= 0.6 is 24.0 Å². The third-order valence-electron chi connectivity index (χ3n) is 6.57. The van der Waals surface area contributed by atoms with Crippen molar-refractivity contribution in [3.63, 3.8) is 0 Å². The molecule has 2 N–H and O–H groups in total. The van der Waals surface area contributed by atoms with E-state index in [1.807, 2.05) is 13.2 Å². The van der Waals surface area contributed by atoms with E-state index >= 15 is 0 Å². The first kappa shape index (κ1) is 25.6. The third-order valence-corrected chi connectivity index (χ3v) is 6.57. The van der Waals surface area contributed by atoms with Crippen molar-refractivity contribution in [2.24, 2.45) is 4.99 Å². The number of halogens is 1. The first-order chi connectivity index (χ1) is 15.6. The van der Waals surface area contributed by atoms with Gasteiger partial charge in [0.05, 0.1) is 0 Å². The molecule has 3 heterocycles. The van der Waals surface area contributed by atoms with Gasteiger partial charge in [-0.2, -0.15) is 0 Å². The molecule has 0 spiro atoms. The Labute approximate surface area is 215 Å². The van der Waals surface area contributed by atoms with Gasteiger partial charge >= 0.3 is 0 Å². The lowest BCUT2D eigenvalue weighted by Gasteiger charge is -2.34. The van der Waals surface area contributed by atoms with Gasteiger partial charge < -0.3 is 25.3 Å². The number of aryl methyl sites for hydroxylation is 1. The first-order valence-corrected chi connectivity index (χ1v) is 11.9. The molecule has 1 aromatic heterocycles. The van der Waals surface area contributed by atoms with Gasteiger partial charge in [0.1, 0.15) is 5.82 Å². The summed E-state index contributed by atoms with van der Waals surface area (Å²) in [6, 6.07) is 13.5. The SMILES string of the molecule is CCN1CCN(c2cc(CNC(=NC)NC3CCN(c4ccc(C)cc4)C3)ccn2)CC1.I. The van der Waals surface area contributed by atoms with E-state index in [1.54, 1.807) is 0 Å². The number of hydrogen-bond donors (Lipinski definition) is 2. The number of rotatable bonds is 6. The fourth-order valence-electron chi connectivity index (χ4n) is 4.48. The first-order valence-electron chi connectivity index (χ1n) is 11.9. The van der Waals surface area contributed by atoms with E-state index in [0.29, 0.717) is 6.04 Å². The highest BCUT2D eigenvalue weighted by atomic mass is 127. The number of benzene rings is 1. The number of piperazine rings is 1. The summed E-state index contributed by atoms with van der Waals surface area (Å²) in [5.41, 5.74) is 3.82. The van der Waals surface area contributed by atoms with Gasteiger partial charge in [-0.05, 0) is 49.7 Å². The number of likely N-dealkylation sites (N-methyl/N-ethyl adjacent to an activating group) is 1. The van der Waals surface area contributed by atoms with E-state index in [-0.39, 0.29) is 24.0 Å². The fraction of sp³-hybridized carbons (Fsp3) is 0.520. The second-order valence-electron chi connectivity index (χ2n) is 8.78.